The fraction of sp³-hybridized carbons (Fsp3) is 0.520. The van der Waals surface area contributed by atoms with Gasteiger partial charge in [0.15, 0.2) is 0 Å². The first-order valence-electron chi connectivity index (χ1n) is 12.1. The summed E-state index contributed by atoms with van der Waals surface area (Å²) in [4.78, 5) is 33.4. The third-order valence-corrected chi connectivity index (χ3v) is 8.25. The lowest BCUT2D eigenvalue weighted by Gasteiger charge is -2.68. The molecule has 3 aromatic heterocycles. The van der Waals surface area contributed by atoms with Crippen LogP contribution >= 0.6 is 0 Å². The average molecular weight is 461 g/mol. The standard InChI is InChI=1S/C25H32N8O/c1-16-18-12-25(16,13-18)33-20(23(34)30(2)3)11-17-14-27-24(29-22(17)33)28-21-6-5-19(15-26-21)32-9-7-31(4)8-10-32/h5-6,11,14-16,18H,7-10,12-13H2,1-4H3,(H,26,27,28,29)/t16-,18?,25?/m1/s1. The van der Waals surface area contributed by atoms with Crippen LogP contribution in [0.2, 0.25) is 0 Å². The summed E-state index contributed by atoms with van der Waals surface area (Å²) >= 11 is 0. The minimum Gasteiger partial charge on any atom is -0.368 e. The lowest BCUT2D eigenvalue weighted by molar-refractivity contribution is -0.160. The molecule has 1 N–H and O–H groups in total. The number of rotatable bonds is 5. The van der Waals surface area contributed by atoms with Gasteiger partial charge in [-0.05, 0) is 49.9 Å². The molecule has 1 atom stereocenters. The van der Waals surface area contributed by atoms with Gasteiger partial charge in [-0.25, -0.2) is 9.97 Å². The van der Waals surface area contributed by atoms with E-state index in [0.29, 0.717) is 23.4 Å². The van der Waals surface area contributed by atoms with E-state index in [2.05, 4.69) is 49.7 Å². The Morgan fingerprint density at radius 2 is 1.88 bits per heavy atom. The van der Waals surface area contributed by atoms with Crippen LogP contribution in [0.25, 0.3) is 11.0 Å². The van der Waals surface area contributed by atoms with Crippen molar-refractivity contribution in [3.8, 4) is 0 Å². The van der Waals surface area contributed by atoms with Crippen molar-refractivity contribution in [2.24, 2.45) is 11.8 Å². The lowest BCUT2D eigenvalue weighted by atomic mass is 9.42. The molecule has 4 fully saturated rings. The maximum Gasteiger partial charge on any atom is 0.270 e. The van der Waals surface area contributed by atoms with E-state index >= 15 is 0 Å². The van der Waals surface area contributed by atoms with Crippen molar-refractivity contribution < 1.29 is 4.79 Å². The van der Waals surface area contributed by atoms with Crippen molar-refractivity contribution >= 4 is 34.4 Å². The molecule has 3 aromatic rings. The molecular formula is C25H32N8O. The highest BCUT2D eigenvalue weighted by molar-refractivity contribution is 5.98. The van der Waals surface area contributed by atoms with Gasteiger partial charge in [-0.1, -0.05) is 6.92 Å². The van der Waals surface area contributed by atoms with E-state index in [0.717, 1.165) is 61.7 Å². The normalized spacial score (nSPS) is 26.2. The molecule has 2 bridgehead atoms. The van der Waals surface area contributed by atoms with E-state index in [9.17, 15) is 4.79 Å². The monoisotopic (exact) mass is 460 g/mol. The second-order valence-electron chi connectivity index (χ2n) is 10.4. The molecule has 1 aliphatic heterocycles. The van der Waals surface area contributed by atoms with Crippen molar-refractivity contribution in [3.05, 3.63) is 36.3 Å². The van der Waals surface area contributed by atoms with E-state index in [1.807, 2.05) is 24.5 Å². The number of fused-ring (bicyclic) bond motifs is 1. The smallest absolute Gasteiger partial charge is 0.270 e. The van der Waals surface area contributed by atoms with Crippen molar-refractivity contribution in [3.63, 3.8) is 0 Å². The molecule has 7 rings (SSSR count). The summed E-state index contributed by atoms with van der Waals surface area (Å²) in [5.41, 5.74) is 2.66. The molecule has 178 valence electrons. The van der Waals surface area contributed by atoms with Crippen molar-refractivity contribution in [2.75, 3.05) is 57.5 Å². The Kier molecular flexibility index (Phi) is 4.81. The number of amides is 1. The minimum absolute atomic E-state index is 0.00144. The number of nitrogens with zero attached hydrogens (tertiary/aromatic N) is 7. The van der Waals surface area contributed by atoms with Crippen molar-refractivity contribution in [1.82, 2.24) is 29.3 Å². The highest BCUT2D eigenvalue weighted by Gasteiger charge is 2.65. The molecule has 3 saturated carbocycles. The van der Waals surface area contributed by atoms with E-state index in [4.69, 9.17) is 4.98 Å². The van der Waals surface area contributed by atoms with Crippen LogP contribution in [0.1, 0.15) is 30.3 Å². The molecule has 9 heteroatoms. The zero-order chi connectivity index (χ0) is 23.6. The van der Waals surface area contributed by atoms with Crippen molar-refractivity contribution in [1.29, 1.82) is 0 Å². The molecule has 1 saturated heterocycles. The zero-order valence-electron chi connectivity index (χ0n) is 20.3. The van der Waals surface area contributed by atoms with Gasteiger partial charge >= 0.3 is 0 Å². The third-order valence-electron chi connectivity index (χ3n) is 8.25. The molecule has 3 aliphatic carbocycles. The largest absolute Gasteiger partial charge is 0.368 e. The van der Waals surface area contributed by atoms with Gasteiger partial charge in [0.25, 0.3) is 5.91 Å². The van der Waals surface area contributed by atoms with Crippen LogP contribution in [0.4, 0.5) is 17.5 Å². The Morgan fingerprint density at radius 1 is 1.12 bits per heavy atom. The Morgan fingerprint density at radius 3 is 2.47 bits per heavy atom. The number of anilines is 3. The highest BCUT2D eigenvalue weighted by atomic mass is 16.2. The Bertz CT molecular complexity index is 1240. The maximum absolute atomic E-state index is 13.0. The van der Waals surface area contributed by atoms with Crippen LogP contribution in [0.15, 0.2) is 30.6 Å². The molecule has 0 radical (unpaired) electrons. The number of carbonyl (C=O) groups is 1. The number of likely N-dealkylation sites (N-methyl/N-ethyl adjacent to an activating group) is 1. The molecule has 0 spiro atoms. The topological polar surface area (TPSA) is 82.4 Å². The number of piperazine rings is 1. The quantitative estimate of drug-likeness (QED) is 0.627. The molecule has 1 amide bonds. The number of pyridine rings is 1. The number of hydrogen-bond acceptors (Lipinski definition) is 7. The van der Waals surface area contributed by atoms with E-state index in [-0.39, 0.29) is 11.4 Å². The number of carbonyl (C=O) groups excluding carboxylic acids is 1. The molecular weight excluding hydrogens is 428 g/mol. The van der Waals surface area contributed by atoms with Crippen LogP contribution in [0, 0.1) is 11.8 Å². The van der Waals surface area contributed by atoms with Crippen LogP contribution < -0.4 is 10.2 Å². The highest BCUT2D eigenvalue weighted by Crippen LogP contribution is 2.67. The minimum atomic E-state index is 0.00144. The SMILES string of the molecule is C[C@@H]1C2CC1(n1c(C(=O)N(C)C)cc3cnc(Nc4ccc(N5CCN(C)CC5)cn4)nc31)C2. The molecule has 0 aromatic carbocycles. The van der Waals surface area contributed by atoms with Gasteiger partial charge in [-0.15, -0.1) is 0 Å². The number of nitrogens with one attached hydrogen (secondary N) is 1. The van der Waals surface area contributed by atoms with E-state index in [1.165, 1.54) is 0 Å². The summed E-state index contributed by atoms with van der Waals surface area (Å²) in [6.45, 7) is 6.44. The molecule has 9 nitrogen and oxygen atoms in total. The maximum atomic E-state index is 13.0. The second-order valence-corrected chi connectivity index (χ2v) is 10.4. The van der Waals surface area contributed by atoms with Crippen LogP contribution in [-0.2, 0) is 5.54 Å². The summed E-state index contributed by atoms with van der Waals surface area (Å²) in [6.07, 6.45) is 5.95. The van der Waals surface area contributed by atoms with Gasteiger partial charge in [0.1, 0.15) is 17.2 Å². The zero-order valence-corrected chi connectivity index (χ0v) is 20.3. The number of aromatic nitrogens is 4. The van der Waals surface area contributed by atoms with Gasteiger partial charge in [-0.2, -0.15) is 4.98 Å². The fourth-order valence-corrected chi connectivity index (χ4v) is 5.79. The first-order valence-corrected chi connectivity index (χ1v) is 12.1. The van der Waals surface area contributed by atoms with Gasteiger partial charge in [0, 0.05) is 51.9 Å². The second kappa shape index (κ2) is 7.66. The first-order chi connectivity index (χ1) is 16.4. The molecule has 4 heterocycles. The third kappa shape index (κ3) is 3.17. The Balaban J connectivity index is 1.30. The van der Waals surface area contributed by atoms with Gasteiger partial charge in [0.2, 0.25) is 5.95 Å². The van der Waals surface area contributed by atoms with E-state index < -0.39 is 0 Å². The lowest BCUT2D eigenvalue weighted by Crippen LogP contribution is -2.67. The van der Waals surface area contributed by atoms with Crippen LogP contribution in [-0.4, -0.2) is 82.5 Å². The predicted molar refractivity (Wildman–Crippen MR) is 133 cm³/mol. The summed E-state index contributed by atoms with van der Waals surface area (Å²) in [5, 5.41) is 4.16. The molecule has 34 heavy (non-hydrogen) atoms. The van der Waals surface area contributed by atoms with Crippen molar-refractivity contribution in [2.45, 2.75) is 25.3 Å². The fourth-order valence-electron chi connectivity index (χ4n) is 5.79. The Hall–Kier alpha value is -3.20. The molecule has 4 aliphatic rings. The Labute approximate surface area is 199 Å². The molecule has 0 unspecified atom stereocenters. The summed E-state index contributed by atoms with van der Waals surface area (Å²) in [6, 6.07) is 6.02. The van der Waals surface area contributed by atoms with Crippen LogP contribution in [0.3, 0.4) is 0 Å². The van der Waals surface area contributed by atoms with E-state index in [1.54, 1.807) is 19.0 Å². The first kappa shape index (κ1) is 21.3. The van der Waals surface area contributed by atoms with Gasteiger partial charge < -0.3 is 24.6 Å². The summed E-state index contributed by atoms with van der Waals surface area (Å²) in [7, 11) is 5.75. The predicted octanol–water partition coefficient (Wildman–Crippen LogP) is 2.78. The average Bonchev–Trinajstić information content (AvgIpc) is 3.17. The van der Waals surface area contributed by atoms with Crippen LogP contribution in [0.5, 0.6) is 0 Å². The van der Waals surface area contributed by atoms with Gasteiger partial charge in [-0.3, -0.25) is 4.79 Å². The summed E-state index contributed by atoms with van der Waals surface area (Å²) < 4.78 is 2.20. The number of hydrogen-bond donors (Lipinski definition) is 1. The van der Waals surface area contributed by atoms with Gasteiger partial charge in [0.05, 0.1) is 17.4 Å². The summed E-state index contributed by atoms with van der Waals surface area (Å²) in [5.74, 6) is 2.54.